The molecule has 0 fully saturated rings. The van der Waals surface area contributed by atoms with Crippen molar-refractivity contribution in [3.63, 3.8) is 0 Å². The minimum atomic E-state index is 0.915. The second kappa shape index (κ2) is 5.53. The lowest BCUT2D eigenvalue weighted by Gasteiger charge is -2.14. The van der Waals surface area contributed by atoms with E-state index in [1.165, 1.54) is 0 Å². The third-order valence-electron chi connectivity index (χ3n) is 1.07. The van der Waals surface area contributed by atoms with Crippen molar-refractivity contribution in [1.82, 2.24) is 10.3 Å². The lowest BCUT2D eigenvalue weighted by molar-refractivity contribution is 0.466. The Morgan fingerprint density at radius 2 is 2.18 bits per heavy atom. The van der Waals surface area contributed by atoms with Gasteiger partial charge in [0.15, 0.2) is 0 Å². The SMILES string of the molecule is C=C/C=C(\N/N=C/C)N(C)C. The average Bonchev–Trinajstić information content (AvgIpc) is 1.97. The van der Waals surface area contributed by atoms with Gasteiger partial charge in [0, 0.05) is 20.3 Å². The Balaban J connectivity index is 4.11. The van der Waals surface area contributed by atoms with Gasteiger partial charge in [-0.2, -0.15) is 5.10 Å². The van der Waals surface area contributed by atoms with E-state index in [1.807, 2.05) is 32.0 Å². The van der Waals surface area contributed by atoms with Crippen molar-refractivity contribution in [3.05, 3.63) is 24.6 Å². The minimum Gasteiger partial charge on any atom is -0.363 e. The molecule has 0 aromatic heterocycles. The van der Waals surface area contributed by atoms with Gasteiger partial charge in [-0.05, 0) is 13.0 Å². The first-order valence-corrected chi connectivity index (χ1v) is 3.46. The summed E-state index contributed by atoms with van der Waals surface area (Å²) in [5, 5.41) is 3.88. The molecular formula is C8H15N3. The number of rotatable bonds is 4. The zero-order valence-electron chi connectivity index (χ0n) is 7.33. The fourth-order valence-electron chi connectivity index (χ4n) is 0.529. The molecular weight excluding hydrogens is 138 g/mol. The van der Waals surface area contributed by atoms with Crippen LogP contribution in [0.5, 0.6) is 0 Å². The van der Waals surface area contributed by atoms with Gasteiger partial charge in [0.05, 0.1) is 0 Å². The lowest BCUT2D eigenvalue weighted by Crippen LogP contribution is -2.21. The van der Waals surface area contributed by atoms with E-state index in [9.17, 15) is 0 Å². The Bertz CT molecular complexity index is 168. The molecule has 0 heterocycles. The topological polar surface area (TPSA) is 27.6 Å². The van der Waals surface area contributed by atoms with Gasteiger partial charge >= 0.3 is 0 Å². The summed E-state index contributed by atoms with van der Waals surface area (Å²) in [5.41, 5.74) is 2.86. The number of allylic oxidation sites excluding steroid dienone is 2. The maximum Gasteiger partial charge on any atom is 0.121 e. The Hall–Kier alpha value is -1.25. The molecule has 3 heteroatoms. The normalized spacial score (nSPS) is 11.7. The maximum absolute atomic E-state index is 3.88. The van der Waals surface area contributed by atoms with Crippen molar-refractivity contribution in [1.29, 1.82) is 0 Å². The van der Waals surface area contributed by atoms with Crippen LogP contribution in [0.2, 0.25) is 0 Å². The van der Waals surface area contributed by atoms with Crippen LogP contribution in [0.25, 0.3) is 0 Å². The lowest BCUT2D eigenvalue weighted by atomic mass is 10.5. The van der Waals surface area contributed by atoms with Crippen LogP contribution in [-0.4, -0.2) is 25.2 Å². The summed E-state index contributed by atoms with van der Waals surface area (Å²) < 4.78 is 0. The molecule has 0 saturated carbocycles. The average molecular weight is 153 g/mol. The van der Waals surface area contributed by atoms with Gasteiger partial charge in [0.1, 0.15) is 5.82 Å². The Labute approximate surface area is 68.1 Å². The Morgan fingerprint density at radius 1 is 1.55 bits per heavy atom. The van der Waals surface area contributed by atoms with E-state index in [-0.39, 0.29) is 0 Å². The molecule has 0 amide bonds. The zero-order chi connectivity index (χ0) is 8.69. The zero-order valence-corrected chi connectivity index (χ0v) is 7.33. The van der Waals surface area contributed by atoms with Crippen LogP contribution in [0.4, 0.5) is 0 Å². The van der Waals surface area contributed by atoms with Crippen LogP contribution in [0.1, 0.15) is 6.92 Å². The van der Waals surface area contributed by atoms with Crippen molar-refractivity contribution >= 4 is 6.21 Å². The molecule has 0 bridgehead atoms. The van der Waals surface area contributed by atoms with E-state index in [4.69, 9.17) is 0 Å². The standard InChI is InChI=1S/C8H15N3/c1-5-7-8(11(3)4)10-9-6-2/h5-7,10H,1H2,2-4H3/b8-7+,9-6+. The third-order valence-corrected chi connectivity index (χ3v) is 1.07. The first-order chi connectivity index (χ1) is 5.22. The number of nitrogens with zero attached hydrogens (tertiary/aromatic N) is 2. The van der Waals surface area contributed by atoms with Gasteiger partial charge in [0.2, 0.25) is 0 Å². The van der Waals surface area contributed by atoms with Crippen LogP contribution in [0.15, 0.2) is 29.7 Å². The van der Waals surface area contributed by atoms with Crippen molar-refractivity contribution in [2.75, 3.05) is 14.1 Å². The van der Waals surface area contributed by atoms with Crippen LogP contribution in [0.3, 0.4) is 0 Å². The largest absolute Gasteiger partial charge is 0.363 e. The third kappa shape index (κ3) is 4.19. The van der Waals surface area contributed by atoms with Gasteiger partial charge in [0.25, 0.3) is 0 Å². The Kier molecular flexibility index (Phi) is 4.90. The summed E-state index contributed by atoms with van der Waals surface area (Å²) in [6.07, 6.45) is 5.26. The van der Waals surface area contributed by atoms with E-state index in [2.05, 4.69) is 17.1 Å². The molecule has 0 radical (unpaired) electrons. The first kappa shape index (κ1) is 9.75. The van der Waals surface area contributed by atoms with Crippen LogP contribution in [0, 0.1) is 0 Å². The minimum absolute atomic E-state index is 0.915. The molecule has 62 valence electrons. The van der Waals surface area contributed by atoms with Crippen molar-refractivity contribution in [3.8, 4) is 0 Å². The van der Waals surface area contributed by atoms with E-state index >= 15 is 0 Å². The molecule has 0 saturated heterocycles. The van der Waals surface area contributed by atoms with Crippen molar-refractivity contribution in [2.24, 2.45) is 5.10 Å². The molecule has 1 N–H and O–H groups in total. The first-order valence-electron chi connectivity index (χ1n) is 3.46. The summed E-state index contributed by atoms with van der Waals surface area (Å²) >= 11 is 0. The molecule has 0 atom stereocenters. The molecule has 0 spiro atoms. The number of hydrogen-bond acceptors (Lipinski definition) is 3. The maximum atomic E-state index is 3.88. The predicted molar refractivity (Wildman–Crippen MR) is 49.3 cm³/mol. The number of nitrogens with one attached hydrogen (secondary N) is 1. The van der Waals surface area contributed by atoms with Gasteiger partial charge in [-0.15, -0.1) is 0 Å². The van der Waals surface area contributed by atoms with Crippen molar-refractivity contribution < 1.29 is 0 Å². The smallest absolute Gasteiger partial charge is 0.121 e. The molecule has 3 nitrogen and oxygen atoms in total. The van der Waals surface area contributed by atoms with Crippen LogP contribution < -0.4 is 5.43 Å². The highest BCUT2D eigenvalue weighted by Gasteiger charge is 1.92. The summed E-state index contributed by atoms with van der Waals surface area (Å²) in [6, 6.07) is 0. The second-order valence-corrected chi connectivity index (χ2v) is 2.18. The van der Waals surface area contributed by atoms with Crippen LogP contribution in [-0.2, 0) is 0 Å². The molecule has 0 aliphatic rings. The molecule has 0 aliphatic carbocycles. The van der Waals surface area contributed by atoms with Gasteiger partial charge in [-0.1, -0.05) is 12.7 Å². The summed E-state index contributed by atoms with van der Waals surface area (Å²) in [5.74, 6) is 0.915. The molecule has 0 rings (SSSR count). The van der Waals surface area contributed by atoms with Crippen LogP contribution >= 0.6 is 0 Å². The number of hydrazone groups is 1. The van der Waals surface area contributed by atoms with E-state index < -0.39 is 0 Å². The highest BCUT2D eigenvalue weighted by molar-refractivity contribution is 5.52. The predicted octanol–water partition coefficient (Wildman–Crippen LogP) is 1.17. The van der Waals surface area contributed by atoms with Gasteiger partial charge in [-0.25, -0.2) is 0 Å². The fourth-order valence-corrected chi connectivity index (χ4v) is 0.529. The van der Waals surface area contributed by atoms with Gasteiger partial charge in [-0.3, -0.25) is 5.43 Å². The fraction of sp³-hybridized carbons (Fsp3) is 0.375. The molecule has 0 aromatic rings. The van der Waals surface area contributed by atoms with Gasteiger partial charge < -0.3 is 4.90 Å². The second-order valence-electron chi connectivity index (χ2n) is 2.18. The highest BCUT2D eigenvalue weighted by atomic mass is 15.4. The molecule has 11 heavy (non-hydrogen) atoms. The Morgan fingerprint density at radius 3 is 2.55 bits per heavy atom. The molecule has 0 aromatic carbocycles. The number of hydrogen-bond donors (Lipinski definition) is 1. The monoisotopic (exact) mass is 153 g/mol. The molecule has 0 unspecified atom stereocenters. The summed E-state index contributed by atoms with van der Waals surface area (Å²) in [7, 11) is 3.88. The van der Waals surface area contributed by atoms with E-state index in [1.54, 1.807) is 12.3 Å². The summed E-state index contributed by atoms with van der Waals surface area (Å²) in [4.78, 5) is 1.93. The summed E-state index contributed by atoms with van der Waals surface area (Å²) in [6.45, 7) is 5.45. The quantitative estimate of drug-likeness (QED) is 0.373. The van der Waals surface area contributed by atoms with Crippen molar-refractivity contribution in [2.45, 2.75) is 6.92 Å². The van der Waals surface area contributed by atoms with E-state index in [0.717, 1.165) is 5.82 Å². The highest BCUT2D eigenvalue weighted by Crippen LogP contribution is 1.92. The van der Waals surface area contributed by atoms with E-state index in [0.29, 0.717) is 0 Å². The molecule has 0 aliphatic heterocycles.